The van der Waals surface area contributed by atoms with Crippen LogP contribution in [0.25, 0.3) is 0 Å². The number of carbonyl (C=O) groups excluding carboxylic acids is 2. The van der Waals surface area contributed by atoms with E-state index >= 15 is 0 Å². The first kappa shape index (κ1) is 23.3. The summed E-state index contributed by atoms with van der Waals surface area (Å²) in [4.78, 5) is 31.2. The van der Waals surface area contributed by atoms with Gasteiger partial charge in [0.15, 0.2) is 5.17 Å². The van der Waals surface area contributed by atoms with Gasteiger partial charge in [-0.1, -0.05) is 29.4 Å². The number of nitrogens with two attached hydrogens (primary N) is 1. The Morgan fingerprint density at radius 2 is 1.94 bits per heavy atom. The van der Waals surface area contributed by atoms with Crippen molar-refractivity contribution in [2.45, 2.75) is 30.4 Å². The standard InChI is InChI=1S/C20H21ClN4O4S2/c1-3-25-19(27)17(11-18(26)24-16-10-13(21)5-4-12(16)2)30-20(25)23-14-6-8-15(9-7-14)31(22,28)29/h4-10,17H,3,11H2,1-2H3,(H,24,26)(H2,22,28,29)/t17-/m1/s1. The minimum absolute atomic E-state index is 0.0185. The molecule has 1 fully saturated rings. The number of carbonyl (C=O) groups is 2. The fraction of sp³-hybridized carbons (Fsp3) is 0.250. The number of anilines is 1. The number of amides is 2. The normalized spacial score (nSPS) is 17.9. The van der Waals surface area contributed by atoms with E-state index in [1.54, 1.807) is 18.2 Å². The number of rotatable bonds is 6. The largest absolute Gasteiger partial charge is 0.326 e. The Bertz CT molecular complexity index is 1150. The third kappa shape index (κ3) is 5.65. The Morgan fingerprint density at radius 1 is 1.26 bits per heavy atom. The zero-order valence-corrected chi connectivity index (χ0v) is 19.2. The van der Waals surface area contributed by atoms with Gasteiger partial charge in [-0.3, -0.25) is 14.5 Å². The number of amidine groups is 1. The van der Waals surface area contributed by atoms with Gasteiger partial charge in [-0.15, -0.1) is 0 Å². The summed E-state index contributed by atoms with van der Waals surface area (Å²) in [6.07, 6.45) is -0.0185. The molecular formula is C20H21ClN4O4S2. The van der Waals surface area contributed by atoms with Crippen molar-refractivity contribution in [2.24, 2.45) is 10.1 Å². The topological polar surface area (TPSA) is 122 Å². The van der Waals surface area contributed by atoms with Crippen LogP contribution in [0.5, 0.6) is 0 Å². The second-order valence-corrected chi connectivity index (χ2v) is 10.0. The molecule has 2 aromatic rings. The van der Waals surface area contributed by atoms with Gasteiger partial charge in [-0.25, -0.2) is 18.5 Å². The van der Waals surface area contributed by atoms with Crippen LogP contribution in [0.2, 0.25) is 5.02 Å². The van der Waals surface area contributed by atoms with Crippen molar-refractivity contribution < 1.29 is 18.0 Å². The fourth-order valence-electron chi connectivity index (χ4n) is 2.94. The zero-order chi connectivity index (χ0) is 22.8. The minimum atomic E-state index is -3.80. The molecule has 1 saturated heterocycles. The molecule has 3 rings (SSSR count). The lowest BCUT2D eigenvalue weighted by atomic mass is 10.2. The van der Waals surface area contributed by atoms with Crippen molar-refractivity contribution in [3.05, 3.63) is 53.1 Å². The molecule has 0 aliphatic carbocycles. The van der Waals surface area contributed by atoms with Crippen LogP contribution in [0.1, 0.15) is 18.9 Å². The lowest BCUT2D eigenvalue weighted by Gasteiger charge is -2.13. The molecule has 1 aliphatic rings. The van der Waals surface area contributed by atoms with Gasteiger partial charge >= 0.3 is 0 Å². The third-order valence-electron chi connectivity index (χ3n) is 4.57. The molecule has 0 radical (unpaired) electrons. The summed E-state index contributed by atoms with van der Waals surface area (Å²) in [5.41, 5.74) is 1.94. The summed E-state index contributed by atoms with van der Waals surface area (Å²) in [7, 11) is -3.80. The summed E-state index contributed by atoms with van der Waals surface area (Å²) in [6, 6.07) is 10.9. The van der Waals surface area contributed by atoms with Crippen LogP contribution in [0.4, 0.5) is 11.4 Å². The molecule has 164 valence electrons. The Hall–Kier alpha value is -2.40. The smallest absolute Gasteiger partial charge is 0.242 e. The molecule has 31 heavy (non-hydrogen) atoms. The molecule has 1 heterocycles. The molecule has 0 unspecified atom stereocenters. The van der Waals surface area contributed by atoms with E-state index in [1.807, 2.05) is 13.8 Å². The number of nitrogens with one attached hydrogen (secondary N) is 1. The molecule has 2 aromatic carbocycles. The van der Waals surface area contributed by atoms with E-state index in [1.165, 1.54) is 40.9 Å². The van der Waals surface area contributed by atoms with E-state index in [2.05, 4.69) is 10.3 Å². The van der Waals surface area contributed by atoms with Gasteiger partial charge in [0.25, 0.3) is 0 Å². The highest BCUT2D eigenvalue weighted by atomic mass is 35.5. The lowest BCUT2D eigenvalue weighted by Crippen LogP contribution is -2.33. The molecule has 8 nitrogen and oxygen atoms in total. The van der Waals surface area contributed by atoms with Crippen molar-refractivity contribution in [3.63, 3.8) is 0 Å². The number of nitrogens with zero attached hydrogens (tertiary/aromatic N) is 2. The molecule has 0 spiro atoms. The van der Waals surface area contributed by atoms with Gasteiger partial charge in [0.2, 0.25) is 21.8 Å². The highest BCUT2D eigenvalue weighted by Gasteiger charge is 2.38. The van der Waals surface area contributed by atoms with Crippen molar-refractivity contribution >= 4 is 61.7 Å². The third-order valence-corrected chi connectivity index (χ3v) is 6.91. The SMILES string of the molecule is CCN1C(=O)[C@@H](CC(=O)Nc2cc(Cl)ccc2C)SC1=Nc1ccc(S(N)(=O)=O)cc1. The highest BCUT2D eigenvalue weighted by Crippen LogP contribution is 2.32. The van der Waals surface area contributed by atoms with Crippen LogP contribution < -0.4 is 10.5 Å². The van der Waals surface area contributed by atoms with E-state index in [0.29, 0.717) is 28.1 Å². The Kier molecular flexibility index (Phi) is 7.05. The number of sulfonamides is 1. The molecule has 3 N–H and O–H groups in total. The van der Waals surface area contributed by atoms with E-state index in [-0.39, 0.29) is 23.1 Å². The minimum Gasteiger partial charge on any atom is -0.326 e. The average molecular weight is 481 g/mol. The van der Waals surface area contributed by atoms with E-state index < -0.39 is 15.3 Å². The quantitative estimate of drug-likeness (QED) is 0.657. The highest BCUT2D eigenvalue weighted by molar-refractivity contribution is 8.15. The molecule has 0 bridgehead atoms. The van der Waals surface area contributed by atoms with Crippen LogP contribution in [-0.2, 0) is 19.6 Å². The number of hydrogen-bond donors (Lipinski definition) is 2. The number of thioether (sulfide) groups is 1. The number of aliphatic imine (C=N–C) groups is 1. The van der Waals surface area contributed by atoms with Gasteiger partial charge < -0.3 is 5.32 Å². The number of primary sulfonamides is 1. The maximum absolute atomic E-state index is 12.8. The number of aryl methyl sites for hydroxylation is 1. The Labute approximate surface area is 189 Å². The zero-order valence-electron chi connectivity index (χ0n) is 16.8. The van der Waals surface area contributed by atoms with Gasteiger partial charge in [0, 0.05) is 23.7 Å². The monoisotopic (exact) mass is 480 g/mol. The molecule has 2 amide bonds. The van der Waals surface area contributed by atoms with Gasteiger partial charge in [0.1, 0.15) is 5.25 Å². The number of halogens is 1. The molecule has 1 aliphatic heterocycles. The van der Waals surface area contributed by atoms with Crippen LogP contribution in [0.15, 0.2) is 52.4 Å². The fourth-order valence-corrected chi connectivity index (χ4v) is 4.84. The van der Waals surface area contributed by atoms with Crippen LogP contribution >= 0.6 is 23.4 Å². The Morgan fingerprint density at radius 3 is 2.55 bits per heavy atom. The maximum Gasteiger partial charge on any atom is 0.242 e. The van der Waals surface area contributed by atoms with Crippen molar-refractivity contribution in [3.8, 4) is 0 Å². The van der Waals surface area contributed by atoms with Crippen molar-refractivity contribution in [1.82, 2.24) is 4.90 Å². The summed E-state index contributed by atoms with van der Waals surface area (Å²) >= 11 is 7.19. The summed E-state index contributed by atoms with van der Waals surface area (Å²) < 4.78 is 22.8. The van der Waals surface area contributed by atoms with Crippen molar-refractivity contribution in [2.75, 3.05) is 11.9 Å². The lowest BCUT2D eigenvalue weighted by molar-refractivity contribution is -0.128. The van der Waals surface area contributed by atoms with Crippen LogP contribution in [0, 0.1) is 6.92 Å². The van der Waals surface area contributed by atoms with Gasteiger partial charge in [-0.05, 0) is 55.8 Å². The molecular weight excluding hydrogens is 460 g/mol. The maximum atomic E-state index is 12.8. The first-order chi connectivity index (χ1) is 14.6. The molecule has 0 aromatic heterocycles. The summed E-state index contributed by atoms with van der Waals surface area (Å²) in [6.45, 7) is 4.06. The van der Waals surface area contributed by atoms with E-state index in [9.17, 15) is 18.0 Å². The van der Waals surface area contributed by atoms with Gasteiger partial charge in [-0.2, -0.15) is 0 Å². The summed E-state index contributed by atoms with van der Waals surface area (Å²) in [5, 5.41) is 8.25. The van der Waals surface area contributed by atoms with Crippen LogP contribution in [-0.4, -0.2) is 42.1 Å². The predicted molar refractivity (Wildman–Crippen MR) is 123 cm³/mol. The first-order valence-electron chi connectivity index (χ1n) is 9.34. The average Bonchev–Trinajstić information content (AvgIpc) is 2.98. The Balaban J connectivity index is 1.74. The second-order valence-electron chi connectivity index (χ2n) is 6.83. The number of hydrogen-bond acceptors (Lipinski definition) is 6. The summed E-state index contributed by atoms with van der Waals surface area (Å²) in [5.74, 6) is -0.503. The molecule has 11 heteroatoms. The predicted octanol–water partition coefficient (Wildman–Crippen LogP) is 3.28. The van der Waals surface area contributed by atoms with Gasteiger partial charge in [0.05, 0.1) is 10.6 Å². The van der Waals surface area contributed by atoms with Crippen LogP contribution in [0.3, 0.4) is 0 Å². The number of benzene rings is 2. The second kappa shape index (κ2) is 9.39. The van der Waals surface area contributed by atoms with E-state index in [4.69, 9.17) is 16.7 Å². The first-order valence-corrected chi connectivity index (χ1v) is 12.1. The molecule has 1 atom stereocenters. The molecule has 0 saturated carbocycles. The van der Waals surface area contributed by atoms with E-state index in [0.717, 1.165) is 5.56 Å². The van der Waals surface area contributed by atoms with Crippen molar-refractivity contribution in [1.29, 1.82) is 0 Å².